The van der Waals surface area contributed by atoms with Gasteiger partial charge in [-0.15, -0.1) is 0 Å². The van der Waals surface area contributed by atoms with Gasteiger partial charge in [0.05, 0.1) is 5.41 Å². The van der Waals surface area contributed by atoms with Crippen molar-refractivity contribution in [3.8, 4) is 0 Å². The monoisotopic (exact) mass is 362 g/mol. The van der Waals surface area contributed by atoms with Crippen LogP contribution in [0.3, 0.4) is 0 Å². The summed E-state index contributed by atoms with van der Waals surface area (Å²) in [4.78, 5) is 29.5. The van der Waals surface area contributed by atoms with Crippen molar-refractivity contribution in [1.29, 1.82) is 0 Å². The maximum absolute atomic E-state index is 13.0. The van der Waals surface area contributed by atoms with Crippen molar-refractivity contribution in [2.75, 3.05) is 26.2 Å². The minimum Gasteiger partial charge on any atom is -0.342 e. The predicted molar refractivity (Wildman–Crippen MR) is 99.6 cm³/mol. The third-order valence-electron chi connectivity index (χ3n) is 5.65. The number of rotatable bonds is 3. The number of likely N-dealkylation sites (tertiary alicyclic amines) is 2. The highest BCUT2D eigenvalue weighted by atomic mass is 35.5. The zero-order valence-corrected chi connectivity index (χ0v) is 15.9. The highest BCUT2D eigenvalue weighted by molar-refractivity contribution is 6.30. The minimum absolute atomic E-state index is 0.0841. The second-order valence-corrected chi connectivity index (χ2v) is 8.17. The summed E-state index contributed by atoms with van der Waals surface area (Å²) in [7, 11) is 0. The Bertz CT molecular complexity index is 628. The highest BCUT2D eigenvalue weighted by Gasteiger charge is 2.37. The molecule has 2 aliphatic rings. The first-order valence-corrected chi connectivity index (χ1v) is 9.61. The lowest BCUT2D eigenvalue weighted by Gasteiger charge is -2.37. The molecule has 0 unspecified atom stereocenters. The van der Waals surface area contributed by atoms with Crippen LogP contribution in [0.2, 0.25) is 5.02 Å². The van der Waals surface area contributed by atoms with E-state index in [1.807, 2.05) is 47.9 Å². The Morgan fingerprint density at radius 1 is 0.960 bits per heavy atom. The zero-order chi connectivity index (χ0) is 18.0. The van der Waals surface area contributed by atoms with Crippen molar-refractivity contribution in [3.05, 3.63) is 34.9 Å². The number of carbonyl (C=O) groups excluding carboxylic acids is 2. The number of carbonyl (C=O) groups is 2. The second kappa shape index (κ2) is 7.36. The molecule has 2 amide bonds. The van der Waals surface area contributed by atoms with Crippen LogP contribution in [0.15, 0.2) is 24.3 Å². The lowest BCUT2D eigenvalue weighted by atomic mass is 9.82. The van der Waals surface area contributed by atoms with E-state index in [2.05, 4.69) is 0 Å². The molecule has 2 saturated heterocycles. The third kappa shape index (κ3) is 3.84. The van der Waals surface area contributed by atoms with Gasteiger partial charge in [-0.1, -0.05) is 23.7 Å². The quantitative estimate of drug-likeness (QED) is 0.826. The van der Waals surface area contributed by atoms with Crippen LogP contribution in [0.1, 0.15) is 45.1 Å². The van der Waals surface area contributed by atoms with Crippen molar-refractivity contribution in [2.24, 2.45) is 5.92 Å². The van der Waals surface area contributed by atoms with Crippen molar-refractivity contribution < 1.29 is 9.59 Å². The van der Waals surface area contributed by atoms with Crippen LogP contribution >= 0.6 is 11.6 Å². The summed E-state index contributed by atoms with van der Waals surface area (Å²) in [6.07, 6.45) is 3.80. The van der Waals surface area contributed by atoms with Crippen LogP contribution in [0.5, 0.6) is 0 Å². The van der Waals surface area contributed by atoms with Crippen LogP contribution in [0.25, 0.3) is 0 Å². The summed E-state index contributed by atoms with van der Waals surface area (Å²) in [5.74, 6) is 0.504. The van der Waals surface area contributed by atoms with Crippen molar-refractivity contribution in [2.45, 2.75) is 44.9 Å². The van der Waals surface area contributed by atoms with Gasteiger partial charge in [0.25, 0.3) is 0 Å². The molecule has 0 spiro atoms. The fourth-order valence-electron chi connectivity index (χ4n) is 3.91. The van der Waals surface area contributed by atoms with Gasteiger partial charge in [0.2, 0.25) is 11.8 Å². The van der Waals surface area contributed by atoms with Gasteiger partial charge in [-0.05, 0) is 57.2 Å². The Kier molecular flexibility index (Phi) is 5.38. The minimum atomic E-state index is -0.587. The van der Waals surface area contributed by atoms with Crippen LogP contribution in [-0.4, -0.2) is 47.8 Å². The molecule has 3 rings (SSSR count). The fourth-order valence-corrected chi connectivity index (χ4v) is 4.04. The Balaban J connectivity index is 1.60. The number of benzene rings is 1. The zero-order valence-electron chi connectivity index (χ0n) is 15.1. The normalized spacial score (nSPS) is 19.3. The molecule has 0 bridgehead atoms. The number of piperidine rings is 1. The van der Waals surface area contributed by atoms with E-state index in [4.69, 9.17) is 11.6 Å². The van der Waals surface area contributed by atoms with Crippen LogP contribution in [0, 0.1) is 5.92 Å². The Hall–Kier alpha value is -1.55. The number of nitrogens with zero attached hydrogens (tertiary/aromatic N) is 2. The van der Waals surface area contributed by atoms with Crippen molar-refractivity contribution in [1.82, 2.24) is 9.80 Å². The van der Waals surface area contributed by atoms with Gasteiger partial charge in [0.15, 0.2) is 0 Å². The fraction of sp³-hybridized carbons (Fsp3) is 0.600. The number of hydrogen-bond acceptors (Lipinski definition) is 2. The van der Waals surface area contributed by atoms with E-state index >= 15 is 0 Å². The number of halogens is 1. The molecule has 136 valence electrons. The molecule has 2 aliphatic heterocycles. The van der Waals surface area contributed by atoms with Crippen LogP contribution in [-0.2, 0) is 15.0 Å². The maximum Gasteiger partial charge on any atom is 0.232 e. The summed E-state index contributed by atoms with van der Waals surface area (Å²) in [5.41, 5.74) is 0.383. The van der Waals surface area contributed by atoms with Gasteiger partial charge < -0.3 is 9.80 Å². The van der Waals surface area contributed by atoms with E-state index in [0.717, 1.165) is 44.3 Å². The average Bonchev–Trinajstić information content (AvgIpc) is 3.15. The lowest BCUT2D eigenvalue weighted by Crippen LogP contribution is -2.49. The molecule has 4 nitrogen and oxygen atoms in total. The number of amides is 2. The molecule has 2 heterocycles. The van der Waals surface area contributed by atoms with E-state index < -0.39 is 5.41 Å². The molecular weight excluding hydrogens is 336 g/mol. The predicted octanol–water partition coefficient (Wildman–Crippen LogP) is 3.48. The maximum atomic E-state index is 13.0. The molecule has 25 heavy (non-hydrogen) atoms. The molecule has 0 saturated carbocycles. The first-order chi connectivity index (χ1) is 11.9. The molecular formula is C20H27ClN2O2. The molecule has 1 aromatic rings. The van der Waals surface area contributed by atoms with Crippen molar-refractivity contribution in [3.63, 3.8) is 0 Å². The SMILES string of the molecule is CC(C)(C(=O)N1CCC(C(=O)N2CCCC2)CC1)c1ccc(Cl)cc1. The molecule has 0 N–H and O–H groups in total. The molecule has 0 radical (unpaired) electrons. The smallest absolute Gasteiger partial charge is 0.232 e. The van der Waals surface area contributed by atoms with E-state index in [1.54, 1.807) is 0 Å². The van der Waals surface area contributed by atoms with Crippen molar-refractivity contribution >= 4 is 23.4 Å². The van der Waals surface area contributed by atoms with Gasteiger partial charge in [-0.25, -0.2) is 0 Å². The first kappa shape index (κ1) is 18.2. The standard InChI is InChI=1S/C20H27ClN2O2/c1-20(2,16-5-7-17(21)8-6-16)19(25)23-13-9-15(10-14-23)18(24)22-11-3-4-12-22/h5-8,15H,3-4,9-14H2,1-2H3. The Labute approximate surface area is 155 Å². The van der Waals surface area contributed by atoms with Gasteiger partial charge in [0, 0.05) is 37.1 Å². The average molecular weight is 363 g/mol. The van der Waals surface area contributed by atoms with Gasteiger partial charge in [0.1, 0.15) is 0 Å². The molecule has 1 aromatic carbocycles. The second-order valence-electron chi connectivity index (χ2n) is 7.73. The molecule has 0 aliphatic carbocycles. The van der Waals surface area contributed by atoms with Gasteiger partial charge >= 0.3 is 0 Å². The first-order valence-electron chi connectivity index (χ1n) is 9.24. The Morgan fingerprint density at radius 2 is 1.52 bits per heavy atom. The molecule has 0 aromatic heterocycles. The molecule has 0 atom stereocenters. The Morgan fingerprint density at radius 3 is 2.08 bits per heavy atom. The summed E-state index contributed by atoms with van der Waals surface area (Å²) in [6, 6.07) is 7.49. The topological polar surface area (TPSA) is 40.6 Å². The summed E-state index contributed by atoms with van der Waals surface area (Å²) >= 11 is 5.96. The third-order valence-corrected chi connectivity index (χ3v) is 5.90. The van der Waals surface area contributed by atoms with Crippen LogP contribution < -0.4 is 0 Å². The van der Waals surface area contributed by atoms with E-state index in [-0.39, 0.29) is 11.8 Å². The largest absolute Gasteiger partial charge is 0.342 e. The van der Waals surface area contributed by atoms with Crippen LogP contribution in [0.4, 0.5) is 0 Å². The molecule has 2 fully saturated rings. The van der Waals surface area contributed by atoms with E-state index in [9.17, 15) is 9.59 Å². The highest BCUT2D eigenvalue weighted by Crippen LogP contribution is 2.30. The van der Waals surface area contributed by atoms with E-state index in [1.165, 1.54) is 0 Å². The van der Waals surface area contributed by atoms with E-state index in [0.29, 0.717) is 24.0 Å². The van der Waals surface area contributed by atoms with Gasteiger partial charge in [-0.3, -0.25) is 9.59 Å². The van der Waals surface area contributed by atoms with Gasteiger partial charge in [-0.2, -0.15) is 0 Å². The number of hydrogen-bond donors (Lipinski definition) is 0. The molecule has 5 heteroatoms. The lowest BCUT2D eigenvalue weighted by molar-refractivity contribution is -0.142. The summed E-state index contributed by atoms with van der Waals surface area (Å²) < 4.78 is 0. The summed E-state index contributed by atoms with van der Waals surface area (Å²) in [5, 5.41) is 0.674. The summed E-state index contributed by atoms with van der Waals surface area (Å²) in [6.45, 7) is 7.06.